The standard InChI is InChI=1S/C10H16N4/c1-7-4-13-14-9-2-3-11-5-8(9)6-12-10(7)14/h4,8-9,11-12H,2-3,5-6H2,1H3. The van der Waals surface area contributed by atoms with E-state index < -0.39 is 0 Å². The van der Waals surface area contributed by atoms with Gasteiger partial charge in [-0.15, -0.1) is 0 Å². The van der Waals surface area contributed by atoms with Crippen molar-refractivity contribution < 1.29 is 0 Å². The lowest BCUT2D eigenvalue weighted by Crippen LogP contribution is -2.44. The van der Waals surface area contributed by atoms with E-state index in [1.54, 1.807) is 0 Å². The fourth-order valence-electron chi connectivity index (χ4n) is 2.59. The van der Waals surface area contributed by atoms with E-state index in [1.165, 1.54) is 17.8 Å². The molecule has 2 atom stereocenters. The Balaban J connectivity index is 1.99. The summed E-state index contributed by atoms with van der Waals surface area (Å²) in [6, 6.07) is 0.612. The first kappa shape index (κ1) is 8.29. The second-order valence-electron chi connectivity index (χ2n) is 4.32. The molecule has 3 rings (SSSR count). The zero-order valence-corrected chi connectivity index (χ0v) is 8.45. The highest BCUT2D eigenvalue weighted by atomic mass is 15.4. The average molecular weight is 192 g/mol. The molecule has 0 amide bonds. The molecule has 0 bridgehead atoms. The number of aromatic nitrogens is 2. The molecular formula is C10H16N4. The van der Waals surface area contributed by atoms with Gasteiger partial charge in [0.15, 0.2) is 0 Å². The first-order valence-corrected chi connectivity index (χ1v) is 5.35. The van der Waals surface area contributed by atoms with Crippen molar-refractivity contribution in [2.24, 2.45) is 5.92 Å². The van der Waals surface area contributed by atoms with E-state index in [2.05, 4.69) is 27.3 Å². The Hall–Kier alpha value is -1.03. The first-order valence-electron chi connectivity index (χ1n) is 5.35. The quantitative estimate of drug-likeness (QED) is 0.638. The van der Waals surface area contributed by atoms with Crippen LogP contribution in [-0.4, -0.2) is 29.4 Å². The number of rotatable bonds is 0. The van der Waals surface area contributed by atoms with Gasteiger partial charge in [0, 0.05) is 24.6 Å². The molecule has 76 valence electrons. The molecule has 1 fully saturated rings. The monoisotopic (exact) mass is 192 g/mol. The van der Waals surface area contributed by atoms with Gasteiger partial charge in [-0.05, 0) is 19.9 Å². The van der Waals surface area contributed by atoms with Crippen molar-refractivity contribution in [3.05, 3.63) is 11.8 Å². The van der Waals surface area contributed by atoms with Crippen LogP contribution in [0.3, 0.4) is 0 Å². The van der Waals surface area contributed by atoms with Crippen LogP contribution in [0.25, 0.3) is 0 Å². The van der Waals surface area contributed by atoms with Gasteiger partial charge in [0.2, 0.25) is 0 Å². The molecule has 0 spiro atoms. The third-order valence-electron chi connectivity index (χ3n) is 3.39. The molecule has 4 nitrogen and oxygen atoms in total. The van der Waals surface area contributed by atoms with E-state index in [4.69, 9.17) is 0 Å². The van der Waals surface area contributed by atoms with Gasteiger partial charge >= 0.3 is 0 Å². The lowest BCUT2D eigenvalue weighted by molar-refractivity contribution is 0.237. The molecule has 2 unspecified atom stereocenters. The van der Waals surface area contributed by atoms with Gasteiger partial charge in [-0.3, -0.25) is 0 Å². The van der Waals surface area contributed by atoms with Crippen LogP contribution in [0.1, 0.15) is 18.0 Å². The summed E-state index contributed by atoms with van der Waals surface area (Å²) in [6.07, 6.45) is 3.17. The normalized spacial score (nSPS) is 30.4. The third kappa shape index (κ3) is 1.07. The van der Waals surface area contributed by atoms with Crippen LogP contribution in [0.15, 0.2) is 6.20 Å². The van der Waals surface area contributed by atoms with Crippen molar-refractivity contribution in [1.82, 2.24) is 15.1 Å². The Bertz CT molecular complexity index is 344. The van der Waals surface area contributed by atoms with Gasteiger partial charge in [-0.2, -0.15) is 5.10 Å². The summed E-state index contributed by atoms with van der Waals surface area (Å²) in [7, 11) is 0. The minimum Gasteiger partial charge on any atom is -0.370 e. The van der Waals surface area contributed by atoms with Gasteiger partial charge in [-0.25, -0.2) is 4.68 Å². The number of nitrogens with one attached hydrogen (secondary N) is 2. The number of fused-ring (bicyclic) bond motifs is 3. The second-order valence-corrected chi connectivity index (χ2v) is 4.32. The zero-order chi connectivity index (χ0) is 9.54. The lowest BCUT2D eigenvalue weighted by Gasteiger charge is -2.37. The number of hydrogen-bond acceptors (Lipinski definition) is 3. The number of nitrogens with zero attached hydrogens (tertiary/aromatic N) is 2. The fourth-order valence-corrected chi connectivity index (χ4v) is 2.59. The molecule has 2 aliphatic heterocycles. The molecule has 2 N–H and O–H groups in total. The van der Waals surface area contributed by atoms with Crippen LogP contribution in [0, 0.1) is 12.8 Å². The summed E-state index contributed by atoms with van der Waals surface area (Å²) < 4.78 is 2.18. The van der Waals surface area contributed by atoms with Crippen molar-refractivity contribution in [2.45, 2.75) is 19.4 Å². The summed E-state index contributed by atoms with van der Waals surface area (Å²) in [5, 5.41) is 11.4. The SMILES string of the molecule is Cc1cnn2c1NCC1CNCCC12. The Morgan fingerprint density at radius 2 is 2.43 bits per heavy atom. The highest BCUT2D eigenvalue weighted by Gasteiger charge is 2.32. The number of hydrogen-bond donors (Lipinski definition) is 2. The van der Waals surface area contributed by atoms with Crippen molar-refractivity contribution in [2.75, 3.05) is 25.0 Å². The molecule has 2 aliphatic rings. The predicted molar refractivity (Wildman–Crippen MR) is 55.5 cm³/mol. The molecule has 3 heterocycles. The summed E-state index contributed by atoms with van der Waals surface area (Å²) in [5.74, 6) is 1.93. The maximum absolute atomic E-state index is 4.47. The second kappa shape index (κ2) is 2.98. The highest BCUT2D eigenvalue weighted by molar-refractivity contribution is 5.45. The van der Waals surface area contributed by atoms with Crippen LogP contribution in [0.2, 0.25) is 0 Å². The van der Waals surface area contributed by atoms with E-state index >= 15 is 0 Å². The first-order chi connectivity index (χ1) is 6.86. The number of anilines is 1. The van der Waals surface area contributed by atoms with Crippen LogP contribution in [0.5, 0.6) is 0 Å². The molecular weight excluding hydrogens is 176 g/mol. The van der Waals surface area contributed by atoms with E-state index in [9.17, 15) is 0 Å². The third-order valence-corrected chi connectivity index (χ3v) is 3.39. The van der Waals surface area contributed by atoms with E-state index in [-0.39, 0.29) is 0 Å². The maximum Gasteiger partial charge on any atom is 0.127 e. The predicted octanol–water partition coefficient (Wildman–Crippen LogP) is 0.768. The highest BCUT2D eigenvalue weighted by Crippen LogP contribution is 2.33. The molecule has 14 heavy (non-hydrogen) atoms. The average Bonchev–Trinajstić information content (AvgIpc) is 2.61. The molecule has 0 saturated carbocycles. The maximum atomic E-state index is 4.47. The lowest BCUT2D eigenvalue weighted by atomic mass is 9.92. The van der Waals surface area contributed by atoms with Crippen LogP contribution < -0.4 is 10.6 Å². The molecule has 0 aromatic carbocycles. The van der Waals surface area contributed by atoms with Crippen molar-refractivity contribution in [1.29, 1.82) is 0 Å². The van der Waals surface area contributed by atoms with Crippen LogP contribution >= 0.6 is 0 Å². The summed E-state index contributed by atoms with van der Waals surface area (Å²) >= 11 is 0. The topological polar surface area (TPSA) is 41.9 Å². The van der Waals surface area contributed by atoms with E-state index in [0.29, 0.717) is 12.0 Å². The summed E-state index contributed by atoms with van der Waals surface area (Å²) in [6.45, 7) is 5.45. The summed E-state index contributed by atoms with van der Waals surface area (Å²) in [5.41, 5.74) is 1.27. The molecule has 4 heteroatoms. The van der Waals surface area contributed by atoms with Crippen LogP contribution in [0.4, 0.5) is 5.82 Å². The van der Waals surface area contributed by atoms with Gasteiger partial charge in [0.05, 0.1) is 12.2 Å². The van der Waals surface area contributed by atoms with Crippen molar-refractivity contribution in [3.8, 4) is 0 Å². The van der Waals surface area contributed by atoms with E-state index in [0.717, 1.165) is 19.6 Å². The number of aryl methyl sites for hydroxylation is 1. The molecule has 1 aromatic heterocycles. The Kier molecular flexibility index (Phi) is 1.77. The Morgan fingerprint density at radius 3 is 3.36 bits per heavy atom. The zero-order valence-electron chi connectivity index (χ0n) is 8.45. The smallest absolute Gasteiger partial charge is 0.127 e. The van der Waals surface area contributed by atoms with Gasteiger partial charge in [0.1, 0.15) is 5.82 Å². The van der Waals surface area contributed by atoms with Crippen molar-refractivity contribution >= 4 is 5.82 Å². The van der Waals surface area contributed by atoms with Gasteiger partial charge in [0.25, 0.3) is 0 Å². The molecule has 0 aliphatic carbocycles. The molecule has 0 radical (unpaired) electrons. The fraction of sp³-hybridized carbons (Fsp3) is 0.700. The van der Waals surface area contributed by atoms with E-state index in [1.807, 2.05) is 6.20 Å². The Labute approximate surface area is 83.7 Å². The molecule has 1 aromatic rings. The van der Waals surface area contributed by atoms with Crippen molar-refractivity contribution in [3.63, 3.8) is 0 Å². The summed E-state index contributed by atoms with van der Waals surface area (Å²) in [4.78, 5) is 0. The number of piperidine rings is 1. The van der Waals surface area contributed by atoms with Gasteiger partial charge < -0.3 is 10.6 Å². The van der Waals surface area contributed by atoms with Gasteiger partial charge in [-0.1, -0.05) is 0 Å². The van der Waals surface area contributed by atoms with Crippen LogP contribution in [-0.2, 0) is 0 Å². The largest absolute Gasteiger partial charge is 0.370 e. The molecule has 1 saturated heterocycles. The minimum absolute atomic E-state index is 0.612. The minimum atomic E-state index is 0.612. The Morgan fingerprint density at radius 1 is 1.50 bits per heavy atom.